The number of hydrogen-bond acceptors (Lipinski definition) is 4. The zero-order valence-electron chi connectivity index (χ0n) is 12.4. The molecule has 1 heterocycles. The first-order chi connectivity index (χ1) is 9.37. The summed E-state index contributed by atoms with van der Waals surface area (Å²) in [5, 5.41) is 2.73. The van der Waals surface area contributed by atoms with Crippen LogP contribution in [0, 0.1) is 0 Å². The Morgan fingerprint density at radius 3 is 2.70 bits per heavy atom. The first-order valence-corrected chi connectivity index (χ1v) is 6.66. The molecule has 1 N–H and O–H groups in total. The molecule has 5 heteroatoms. The maximum absolute atomic E-state index is 11.7. The van der Waals surface area contributed by atoms with Crippen LogP contribution in [0.5, 0.6) is 5.75 Å². The van der Waals surface area contributed by atoms with Crippen molar-refractivity contribution in [3.63, 3.8) is 0 Å². The molecule has 1 fully saturated rings. The van der Waals surface area contributed by atoms with Gasteiger partial charge in [-0.1, -0.05) is 0 Å². The van der Waals surface area contributed by atoms with Gasteiger partial charge < -0.3 is 14.2 Å². The average molecular weight is 279 g/mol. The van der Waals surface area contributed by atoms with E-state index in [1.54, 1.807) is 13.2 Å². The zero-order chi connectivity index (χ0) is 14.8. The molecule has 0 radical (unpaired) electrons. The van der Waals surface area contributed by atoms with E-state index in [1.165, 1.54) is 0 Å². The monoisotopic (exact) mass is 279 g/mol. The number of ether oxygens (including phenoxy) is 3. The molecule has 1 aliphatic heterocycles. The van der Waals surface area contributed by atoms with Gasteiger partial charge in [0.05, 0.1) is 19.8 Å². The van der Waals surface area contributed by atoms with Crippen LogP contribution in [0.4, 0.5) is 10.5 Å². The third-order valence-electron chi connectivity index (χ3n) is 2.78. The van der Waals surface area contributed by atoms with Crippen molar-refractivity contribution in [2.45, 2.75) is 38.9 Å². The largest absolute Gasteiger partial charge is 0.496 e. The summed E-state index contributed by atoms with van der Waals surface area (Å²) in [6, 6.07) is 5.52. The highest BCUT2D eigenvalue weighted by atomic mass is 16.6. The van der Waals surface area contributed by atoms with E-state index in [1.807, 2.05) is 32.9 Å². The van der Waals surface area contributed by atoms with Crippen molar-refractivity contribution >= 4 is 11.8 Å². The van der Waals surface area contributed by atoms with Gasteiger partial charge in [-0.25, -0.2) is 4.79 Å². The van der Waals surface area contributed by atoms with Crippen molar-refractivity contribution < 1.29 is 19.0 Å². The van der Waals surface area contributed by atoms with Crippen LogP contribution in [0.3, 0.4) is 0 Å². The Hall–Kier alpha value is -1.75. The van der Waals surface area contributed by atoms with Crippen molar-refractivity contribution in [3.8, 4) is 5.75 Å². The first kappa shape index (κ1) is 14.7. The van der Waals surface area contributed by atoms with Gasteiger partial charge in [-0.3, -0.25) is 5.32 Å². The smallest absolute Gasteiger partial charge is 0.412 e. The predicted octanol–water partition coefficient (Wildman–Crippen LogP) is 2.98. The molecule has 20 heavy (non-hydrogen) atoms. The number of hydrogen-bond donors (Lipinski definition) is 1. The fraction of sp³-hybridized carbons (Fsp3) is 0.533. The fourth-order valence-corrected chi connectivity index (χ4v) is 1.87. The molecular formula is C15H21NO4. The normalized spacial score (nSPS) is 17.5. The van der Waals surface area contributed by atoms with Gasteiger partial charge in [0.1, 0.15) is 11.4 Å². The molecule has 0 saturated carbocycles. The Morgan fingerprint density at radius 2 is 2.15 bits per heavy atom. The van der Waals surface area contributed by atoms with Crippen LogP contribution in [0.25, 0.3) is 0 Å². The quantitative estimate of drug-likeness (QED) is 0.861. The lowest BCUT2D eigenvalue weighted by Crippen LogP contribution is -2.27. The molecule has 110 valence electrons. The van der Waals surface area contributed by atoms with Crippen LogP contribution in [0.2, 0.25) is 0 Å². The summed E-state index contributed by atoms with van der Waals surface area (Å²) in [6.07, 6.45) is 0.587. The van der Waals surface area contributed by atoms with Crippen molar-refractivity contribution in [2.75, 3.05) is 19.0 Å². The number of benzene rings is 1. The molecule has 0 aliphatic carbocycles. The minimum Gasteiger partial charge on any atom is -0.496 e. The van der Waals surface area contributed by atoms with Crippen molar-refractivity contribution in [1.29, 1.82) is 0 Å². The van der Waals surface area contributed by atoms with Crippen LogP contribution < -0.4 is 10.1 Å². The van der Waals surface area contributed by atoms with Gasteiger partial charge in [0.25, 0.3) is 0 Å². The predicted molar refractivity (Wildman–Crippen MR) is 76.3 cm³/mol. The molecule has 0 spiro atoms. The summed E-state index contributed by atoms with van der Waals surface area (Å²) in [4.78, 5) is 11.7. The molecule has 1 aromatic carbocycles. The van der Waals surface area contributed by atoms with Crippen LogP contribution >= 0.6 is 0 Å². The number of methoxy groups -OCH3 is 1. The van der Waals surface area contributed by atoms with Crippen LogP contribution in [-0.4, -0.2) is 31.5 Å². The van der Waals surface area contributed by atoms with E-state index in [0.717, 1.165) is 24.3 Å². The molecule has 1 saturated heterocycles. The van der Waals surface area contributed by atoms with Gasteiger partial charge in [-0.2, -0.15) is 0 Å². The third kappa shape index (κ3) is 4.42. The SMILES string of the molecule is COc1ccc(NC(=O)OC(C)(C)C)cc1CC1CO1. The van der Waals surface area contributed by atoms with Gasteiger partial charge in [0.2, 0.25) is 0 Å². The standard InChI is InChI=1S/C15H21NO4/c1-15(2,3)20-14(17)16-11-5-6-13(18-4)10(7-11)8-12-9-19-12/h5-7,12H,8-9H2,1-4H3,(H,16,17). The number of nitrogens with one attached hydrogen (secondary N) is 1. The molecule has 0 aromatic heterocycles. The molecule has 2 rings (SSSR count). The van der Waals surface area contributed by atoms with Gasteiger partial charge in [-0.15, -0.1) is 0 Å². The third-order valence-corrected chi connectivity index (χ3v) is 2.78. The minimum absolute atomic E-state index is 0.265. The van der Waals surface area contributed by atoms with E-state index < -0.39 is 11.7 Å². The number of amides is 1. The van der Waals surface area contributed by atoms with Gasteiger partial charge >= 0.3 is 6.09 Å². The van der Waals surface area contributed by atoms with E-state index >= 15 is 0 Å². The average Bonchev–Trinajstić information content (AvgIpc) is 3.10. The van der Waals surface area contributed by atoms with Crippen LogP contribution in [-0.2, 0) is 15.9 Å². The Bertz CT molecular complexity index is 489. The van der Waals surface area contributed by atoms with E-state index in [2.05, 4.69) is 5.32 Å². The molecule has 1 aromatic rings. The number of anilines is 1. The second-order valence-corrected chi connectivity index (χ2v) is 5.81. The lowest BCUT2D eigenvalue weighted by atomic mass is 10.1. The molecule has 1 unspecified atom stereocenters. The van der Waals surface area contributed by atoms with Crippen molar-refractivity contribution in [2.24, 2.45) is 0 Å². The second-order valence-electron chi connectivity index (χ2n) is 5.81. The Labute approximate surface area is 119 Å². The van der Waals surface area contributed by atoms with Gasteiger partial charge in [-0.05, 0) is 44.5 Å². The highest BCUT2D eigenvalue weighted by Crippen LogP contribution is 2.27. The maximum Gasteiger partial charge on any atom is 0.412 e. The number of epoxide rings is 1. The summed E-state index contributed by atoms with van der Waals surface area (Å²) in [7, 11) is 1.63. The molecule has 1 amide bonds. The highest BCUT2D eigenvalue weighted by molar-refractivity contribution is 5.85. The highest BCUT2D eigenvalue weighted by Gasteiger charge is 2.24. The second kappa shape index (κ2) is 5.71. The number of carbonyl (C=O) groups excluding carboxylic acids is 1. The zero-order valence-corrected chi connectivity index (χ0v) is 12.4. The van der Waals surface area contributed by atoms with E-state index in [-0.39, 0.29) is 6.10 Å². The van der Waals surface area contributed by atoms with Gasteiger partial charge in [0.15, 0.2) is 0 Å². The van der Waals surface area contributed by atoms with E-state index in [9.17, 15) is 4.79 Å². The Balaban J connectivity index is 2.05. The topological polar surface area (TPSA) is 60.1 Å². The molecule has 0 bridgehead atoms. The van der Waals surface area contributed by atoms with Gasteiger partial charge in [0, 0.05) is 12.1 Å². The van der Waals surface area contributed by atoms with Crippen LogP contribution in [0.1, 0.15) is 26.3 Å². The summed E-state index contributed by atoms with van der Waals surface area (Å²) < 4.78 is 15.8. The summed E-state index contributed by atoms with van der Waals surface area (Å²) in [5.74, 6) is 0.801. The fourth-order valence-electron chi connectivity index (χ4n) is 1.87. The first-order valence-electron chi connectivity index (χ1n) is 6.66. The minimum atomic E-state index is -0.513. The lowest BCUT2D eigenvalue weighted by molar-refractivity contribution is 0.0636. The summed E-state index contributed by atoms with van der Waals surface area (Å²) in [5.41, 5.74) is 1.19. The summed E-state index contributed by atoms with van der Waals surface area (Å²) >= 11 is 0. The van der Waals surface area contributed by atoms with Crippen LogP contribution in [0.15, 0.2) is 18.2 Å². The molecule has 1 aliphatic rings. The van der Waals surface area contributed by atoms with Crippen molar-refractivity contribution in [1.82, 2.24) is 0 Å². The lowest BCUT2D eigenvalue weighted by Gasteiger charge is -2.20. The van der Waals surface area contributed by atoms with E-state index in [0.29, 0.717) is 5.69 Å². The Morgan fingerprint density at radius 1 is 1.45 bits per heavy atom. The molecule has 5 nitrogen and oxygen atoms in total. The Kier molecular flexibility index (Phi) is 4.18. The molecule has 1 atom stereocenters. The number of rotatable bonds is 4. The number of carbonyl (C=O) groups is 1. The maximum atomic E-state index is 11.7. The summed E-state index contributed by atoms with van der Waals surface area (Å²) in [6.45, 7) is 6.27. The van der Waals surface area contributed by atoms with Crippen molar-refractivity contribution in [3.05, 3.63) is 23.8 Å². The van der Waals surface area contributed by atoms with E-state index in [4.69, 9.17) is 14.2 Å². The molecular weight excluding hydrogens is 258 g/mol.